The van der Waals surface area contributed by atoms with Crippen LogP contribution in [0, 0.1) is 0 Å². The number of aromatic hydroxyl groups is 3. The Morgan fingerprint density at radius 2 is 1.81 bits per heavy atom. The molecule has 0 heterocycles. The van der Waals surface area contributed by atoms with E-state index in [9.17, 15) is 14.7 Å². The van der Waals surface area contributed by atoms with Crippen molar-refractivity contribution in [1.29, 1.82) is 0 Å². The molecule has 0 fully saturated rings. The Labute approximate surface area is 90.7 Å². The number of phenols is 3. The van der Waals surface area contributed by atoms with Crippen molar-refractivity contribution in [3.63, 3.8) is 0 Å². The van der Waals surface area contributed by atoms with E-state index in [1.807, 2.05) is 0 Å². The Balaban J connectivity index is 3.01. The number of ketones is 1. The second-order valence-corrected chi connectivity index (χ2v) is 3.01. The molecule has 16 heavy (non-hydrogen) atoms. The number of hydrogen-bond donors (Lipinski definition) is 3. The van der Waals surface area contributed by atoms with Gasteiger partial charge in [-0.05, 0) is 12.1 Å². The number of phenolic OH excluding ortho intramolecular Hbond substituents is 3. The standard InChI is InChI=1S/C10H10O6/c1-16-8(13)4-7(12)5-2-3-6(11)10(15)9(5)14/h2-3,11,14-15H,4H2,1H3. The molecule has 0 aliphatic rings. The van der Waals surface area contributed by atoms with Crippen LogP contribution >= 0.6 is 0 Å². The van der Waals surface area contributed by atoms with Crippen molar-refractivity contribution in [2.24, 2.45) is 0 Å². The lowest BCUT2D eigenvalue weighted by atomic mass is 10.1. The van der Waals surface area contributed by atoms with Crippen LogP contribution < -0.4 is 0 Å². The number of carbonyl (C=O) groups excluding carboxylic acids is 2. The summed E-state index contributed by atoms with van der Waals surface area (Å²) in [6.07, 6.45) is -0.547. The van der Waals surface area contributed by atoms with Crippen LogP contribution in [0.15, 0.2) is 12.1 Å². The zero-order chi connectivity index (χ0) is 12.3. The molecule has 0 amide bonds. The van der Waals surface area contributed by atoms with Gasteiger partial charge < -0.3 is 20.1 Å². The topological polar surface area (TPSA) is 104 Å². The Morgan fingerprint density at radius 3 is 2.38 bits per heavy atom. The summed E-state index contributed by atoms with van der Waals surface area (Å²) in [4.78, 5) is 22.3. The molecule has 0 bridgehead atoms. The zero-order valence-electron chi connectivity index (χ0n) is 8.43. The summed E-state index contributed by atoms with van der Waals surface area (Å²) in [7, 11) is 1.13. The SMILES string of the molecule is COC(=O)CC(=O)c1ccc(O)c(O)c1O. The predicted molar refractivity (Wildman–Crippen MR) is 52.4 cm³/mol. The van der Waals surface area contributed by atoms with Crippen LogP contribution in [-0.2, 0) is 9.53 Å². The predicted octanol–water partition coefficient (Wildman–Crippen LogP) is 0.549. The molecule has 0 saturated heterocycles. The molecular formula is C10H10O6. The van der Waals surface area contributed by atoms with E-state index in [4.69, 9.17) is 10.2 Å². The Bertz CT molecular complexity index is 437. The highest BCUT2D eigenvalue weighted by Gasteiger charge is 2.19. The molecule has 0 aromatic heterocycles. The van der Waals surface area contributed by atoms with Gasteiger partial charge >= 0.3 is 5.97 Å². The summed E-state index contributed by atoms with van der Waals surface area (Å²) >= 11 is 0. The molecule has 1 aromatic carbocycles. The van der Waals surface area contributed by atoms with Gasteiger partial charge in [0, 0.05) is 0 Å². The van der Waals surface area contributed by atoms with E-state index in [2.05, 4.69) is 4.74 Å². The molecule has 1 aromatic rings. The third-order valence-electron chi connectivity index (χ3n) is 1.96. The number of hydrogen-bond acceptors (Lipinski definition) is 6. The van der Waals surface area contributed by atoms with Crippen molar-refractivity contribution in [3.8, 4) is 17.2 Å². The maximum atomic E-state index is 11.4. The minimum Gasteiger partial charge on any atom is -0.504 e. The quantitative estimate of drug-likeness (QED) is 0.301. The molecule has 6 heteroatoms. The van der Waals surface area contributed by atoms with Crippen LogP contribution in [0.5, 0.6) is 17.2 Å². The number of methoxy groups -OCH3 is 1. The molecule has 0 aliphatic carbocycles. The van der Waals surface area contributed by atoms with Crippen molar-refractivity contribution in [2.45, 2.75) is 6.42 Å². The summed E-state index contributed by atoms with van der Waals surface area (Å²) in [6.45, 7) is 0. The first-order chi connectivity index (χ1) is 7.47. The first-order valence-corrected chi connectivity index (χ1v) is 4.31. The third-order valence-corrected chi connectivity index (χ3v) is 1.96. The van der Waals surface area contributed by atoms with E-state index in [0.717, 1.165) is 19.2 Å². The molecule has 86 valence electrons. The molecule has 0 radical (unpaired) electrons. The van der Waals surface area contributed by atoms with Gasteiger partial charge in [0.15, 0.2) is 17.3 Å². The van der Waals surface area contributed by atoms with Gasteiger partial charge in [-0.3, -0.25) is 9.59 Å². The molecule has 6 nitrogen and oxygen atoms in total. The second-order valence-electron chi connectivity index (χ2n) is 3.01. The average Bonchev–Trinajstić information content (AvgIpc) is 2.25. The lowest BCUT2D eigenvalue weighted by Gasteiger charge is -2.05. The van der Waals surface area contributed by atoms with E-state index < -0.39 is 35.4 Å². The van der Waals surface area contributed by atoms with Crippen molar-refractivity contribution in [1.82, 2.24) is 0 Å². The Morgan fingerprint density at radius 1 is 1.19 bits per heavy atom. The number of ether oxygens (including phenoxy) is 1. The molecule has 0 saturated carbocycles. The first-order valence-electron chi connectivity index (χ1n) is 4.31. The van der Waals surface area contributed by atoms with E-state index in [1.165, 1.54) is 0 Å². The van der Waals surface area contributed by atoms with Crippen LogP contribution in [-0.4, -0.2) is 34.2 Å². The fourth-order valence-corrected chi connectivity index (χ4v) is 1.09. The maximum absolute atomic E-state index is 11.4. The molecule has 1 rings (SSSR count). The molecule has 0 aliphatic heterocycles. The third kappa shape index (κ3) is 2.22. The zero-order valence-corrected chi connectivity index (χ0v) is 8.43. The number of Topliss-reactive ketones (excluding diaryl/α,β-unsaturated/α-hetero) is 1. The van der Waals surface area contributed by atoms with Gasteiger partial charge in [0.05, 0.1) is 12.7 Å². The molecule has 0 atom stereocenters. The first kappa shape index (κ1) is 11.8. The monoisotopic (exact) mass is 226 g/mol. The van der Waals surface area contributed by atoms with E-state index in [-0.39, 0.29) is 5.56 Å². The van der Waals surface area contributed by atoms with Crippen molar-refractivity contribution >= 4 is 11.8 Å². The van der Waals surface area contributed by atoms with Gasteiger partial charge in [0.2, 0.25) is 5.75 Å². The summed E-state index contributed by atoms with van der Waals surface area (Å²) in [6, 6.07) is 2.15. The van der Waals surface area contributed by atoms with Gasteiger partial charge in [-0.25, -0.2) is 0 Å². The van der Waals surface area contributed by atoms with Crippen LogP contribution in [0.25, 0.3) is 0 Å². The molecule has 3 N–H and O–H groups in total. The van der Waals surface area contributed by atoms with Gasteiger partial charge in [-0.2, -0.15) is 0 Å². The normalized spacial score (nSPS) is 9.81. The summed E-state index contributed by atoms with van der Waals surface area (Å²) in [5.41, 5.74) is -0.249. The molecule has 0 spiro atoms. The van der Waals surface area contributed by atoms with Crippen LogP contribution in [0.3, 0.4) is 0 Å². The largest absolute Gasteiger partial charge is 0.504 e. The minimum atomic E-state index is -0.796. The summed E-state index contributed by atoms with van der Waals surface area (Å²) < 4.78 is 4.28. The highest BCUT2D eigenvalue weighted by Crippen LogP contribution is 2.37. The second kappa shape index (κ2) is 4.52. The molecule has 0 unspecified atom stereocenters. The lowest BCUT2D eigenvalue weighted by molar-refractivity contribution is -0.139. The lowest BCUT2D eigenvalue weighted by Crippen LogP contribution is -2.09. The van der Waals surface area contributed by atoms with Crippen LogP contribution in [0.2, 0.25) is 0 Å². The van der Waals surface area contributed by atoms with Crippen molar-refractivity contribution in [2.75, 3.05) is 7.11 Å². The van der Waals surface area contributed by atoms with Crippen LogP contribution in [0.4, 0.5) is 0 Å². The fraction of sp³-hybridized carbons (Fsp3) is 0.200. The number of benzene rings is 1. The van der Waals surface area contributed by atoms with Gasteiger partial charge in [-0.1, -0.05) is 0 Å². The average molecular weight is 226 g/mol. The fourth-order valence-electron chi connectivity index (χ4n) is 1.09. The number of esters is 1. The van der Waals surface area contributed by atoms with E-state index >= 15 is 0 Å². The summed E-state index contributed by atoms with van der Waals surface area (Å²) in [5, 5.41) is 27.5. The van der Waals surface area contributed by atoms with Crippen LogP contribution in [0.1, 0.15) is 16.8 Å². The smallest absolute Gasteiger partial charge is 0.313 e. The number of carbonyl (C=O) groups is 2. The Kier molecular flexibility index (Phi) is 3.34. The van der Waals surface area contributed by atoms with Crippen molar-refractivity contribution < 1.29 is 29.6 Å². The Hall–Kier alpha value is -2.24. The van der Waals surface area contributed by atoms with Gasteiger partial charge in [-0.15, -0.1) is 0 Å². The number of rotatable bonds is 3. The van der Waals surface area contributed by atoms with Gasteiger partial charge in [0.1, 0.15) is 6.42 Å². The highest BCUT2D eigenvalue weighted by molar-refractivity contribution is 6.08. The highest BCUT2D eigenvalue weighted by atomic mass is 16.5. The van der Waals surface area contributed by atoms with E-state index in [1.54, 1.807) is 0 Å². The minimum absolute atomic E-state index is 0.249. The van der Waals surface area contributed by atoms with Crippen molar-refractivity contribution in [3.05, 3.63) is 17.7 Å². The van der Waals surface area contributed by atoms with E-state index in [0.29, 0.717) is 0 Å². The maximum Gasteiger partial charge on any atom is 0.313 e. The molecular weight excluding hydrogens is 216 g/mol. The summed E-state index contributed by atoms with van der Waals surface area (Å²) in [5.74, 6) is -3.56. The van der Waals surface area contributed by atoms with Gasteiger partial charge in [0.25, 0.3) is 0 Å².